The SMILES string of the molecule is O=C1CCC(N2C(=O)c3ccc(CN4CCN(c5ccccc5Cl)CC4)cc3C2=O)C(=O)N1. The van der Waals surface area contributed by atoms with Gasteiger partial charge in [0, 0.05) is 39.1 Å². The van der Waals surface area contributed by atoms with Crippen LogP contribution in [0.25, 0.3) is 0 Å². The number of nitrogens with one attached hydrogen (secondary N) is 1. The average molecular weight is 467 g/mol. The summed E-state index contributed by atoms with van der Waals surface area (Å²) in [4.78, 5) is 55.1. The Morgan fingerprint density at radius 1 is 0.909 bits per heavy atom. The molecule has 8 nitrogen and oxygen atoms in total. The van der Waals surface area contributed by atoms with Crippen LogP contribution in [0.2, 0.25) is 5.02 Å². The van der Waals surface area contributed by atoms with Crippen molar-refractivity contribution in [1.82, 2.24) is 15.1 Å². The molecule has 0 aliphatic carbocycles. The van der Waals surface area contributed by atoms with Crippen LogP contribution in [0, 0.1) is 0 Å². The number of amides is 4. The van der Waals surface area contributed by atoms with Crippen LogP contribution in [0.4, 0.5) is 5.69 Å². The number of carbonyl (C=O) groups is 4. The van der Waals surface area contributed by atoms with Gasteiger partial charge >= 0.3 is 0 Å². The van der Waals surface area contributed by atoms with E-state index in [1.807, 2.05) is 30.3 Å². The zero-order chi connectivity index (χ0) is 23.1. The minimum Gasteiger partial charge on any atom is -0.368 e. The third-order valence-electron chi connectivity index (χ3n) is 6.48. The maximum Gasteiger partial charge on any atom is 0.262 e. The van der Waals surface area contributed by atoms with Crippen molar-refractivity contribution in [1.29, 1.82) is 0 Å². The van der Waals surface area contributed by atoms with Crippen LogP contribution in [0.1, 0.15) is 39.1 Å². The first kappa shape index (κ1) is 21.6. The average Bonchev–Trinajstić information content (AvgIpc) is 3.05. The summed E-state index contributed by atoms with van der Waals surface area (Å²) in [7, 11) is 0. The predicted octanol–water partition coefficient (Wildman–Crippen LogP) is 2.06. The molecule has 170 valence electrons. The summed E-state index contributed by atoms with van der Waals surface area (Å²) in [5.74, 6) is -1.94. The Bertz CT molecular complexity index is 1160. The molecule has 0 bridgehead atoms. The second kappa shape index (κ2) is 8.61. The van der Waals surface area contributed by atoms with E-state index in [1.54, 1.807) is 12.1 Å². The molecule has 1 unspecified atom stereocenters. The number of halogens is 1. The van der Waals surface area contributed by atoms with E-state index in [0.29, 0.717) is 17.7 Å². The Balaban J connectivity index is 1.26. The van der Waals surface area contributed by atoms with E-state index in [1.165, 1.54) is 0 Å². The molecule has 0 saturated carbocycles. The quantitative estimate of drug-likeness (QED) is 0.694. The van der Waals surface area contributed by atoms with Gasteiger partial charge in [-0.2, -0.15) is 0 Å². The molecule has 0 aromatic heterocycles. The molecule has 2 saturated heterocycles. The van der Waals surface area contributed by atoms with Crippen molar-refractivity contribution in [3.05, 3.63) is 64.2 Å². The molecule has 1 N–H and O–H groups in total. The fraction of sp³-hybridized carbons (Fsp3) is 0.333. The number of piperazine rings is 1. The number of imide groups is 2. The smallest absolute Gasteiger partial charge is 0.262 e. The van der Waals surface area contributed by atoms with Gasteiger partial charge in [-0.05, 0) is 36.2 Å². The zero-order valence-corrected chi connectivity index (χ0v) is 18.7. The summed E-state index contributed by atoms with van der Waals surface area (Å²) in [5.41, 5.74) is 2.59. The highest BCUT2D eigenvalue weighted by atomic mass is 35.5. The number of hydrogen-bond donors (Lipinski definition) is 1. The normalized spacial score (nSPS) is 21.4. The van der Waals surface area contributed by atoms with E-state index in [2.05, 4.69) is 15.1 Å². The number of nitrogens with zero attached hydrogens (tertiary/aromatic N) is 3. The van der Waals surface area contributed by atoms with Gasteiger partial charge < -0.3 is 4.90 Å². The number of hydrogen-bond acceptors (Lipinski definition) is 6. The number of rotatable bonds is 4. The lowest BCUT2D eigenvalue weighted by Crippen LogP contribution is -2.54. The van der Waals surface area contributed by atoms with E-state index >= 15 is 0 Å². The van der Waals surface area contributed by atoms with Crippen LogP contribution in [-0.2, 0) is 16.1 Å². The van der Waals surface area contributed by atoms with Crippen molar-refractivity contribution >= 4 is 40.9 Å². The lowest BCUT2D eigenvalue weighted by molar-refractivity contribution is -0.136. The molecule has 0 spiro atoms. The summed E-state index contributed by atoms with van der Waals surface area (Å²) in [6, 6.07) is 12.1. The van der Waals surface area contributed by atoms with Gasteiger partial charge in [0.25, 0.3) is 11.8 Å². The first-order valence-electron chi connectivity index (χ1n) is 11.0. The van der Waals surface area contributed by atoms with Crippen molar-refractivity contribution in [3.63, 3.8) is 0 Å². The van der Waals surface area contributed by atoms with E-state index < -0.39 is 23.8 Å². The molecule has 5 rings (SSSR count). The fourth-order valence-corrected chi connectivity index (χ4v) is 4.99. The van der Waals surface area contributed by atoms with E-state index in [-0.39, 0.29) is 18.7 Å². The number of carbonyl (C=O) groups excluding carboxylic acids is 4. The van der Waals surface area contributed by atoms with Crippen LogP contribution in [0.5, 0.6) is 0 Å². The molecule has 33 heavy (non-hydrogen) atoms. The van der Waals surface area contributed by atoms with Gasteiger partial charge in [0.05, 0.1) is 21.8 Å². The van der Waals surface area contributed by atoms with Crippen molar-refractivity contribution in [2.24, 2.45) is 0 Å². The van der Waals surface area contributed by atoms with Gasteiger partial charge in [0.1, 0.15) is 6.04 Å². The Labute approximate surface area is 196 Å². The number of piperidine rings is 1. The number of anilines is 1. The maximum absolute atomic E-state index is 13.0. The lowest BCUT2D eigenvalue weighted by Gasteiger charge is -2.36. The summed E-state index contributed by atoms with van der Waals surface area (Å²) < 4.78 is 0. The van der Waals surface area contributed by atoms with Crippen LogP contribution >= 0.6 is 11.6 Å². The molecule has 1 atom stereocenters. The van der Waals surface area contributed by atoms with Crippen LogP contribution in [0.15, 0.2) is 42.5 Å². The second-order valence-electron chi connectivity index (χ2n) is 8.54. The van der Waals surface area contributed by atoms with Crippen molar-refractivity contribution in [2.45, 2.75) is 25.4 Å². The summed E-state index contributed by atoms with van der Waals surface area (Å²) in [6.45, 7) is 4.03. The number of benzene rings is 2. The van der Waals surface area contributed by atoms with E-state index in [0.717, 1.165) is 47.4 Å². The minimum absolute atomic E-state index is 0.106. The summed E-state index contributed by atoms with van der Waals surface area (Å²) in [5, 5.41) is 2.96. The molecule has 9 heteroatoms. The van der Waals surface area contributed by atoms with Crippen molar-refractivity contribution in [2.75, 3.05) is 31.1 Å². The predicted molar refractivity (Wildman–Crippen MR) is 122 cm³/mol. The van der Waals surface area contributed by atoms with Crippen molar-refractivity contribution < 1.29 is 19.2 Å². The van der Waals surface area contributed by atoms with Crippen LogP contribution < -0.4 is 10.2 Å². The maximum atomic E-state index is 13.0. The van der Waals surface area contributed by atoms with Gasteiger partial charge in [-0.25, -0.2) is 0 Å². The first-order valence-corrected chi connectivity index (χ1v) is 11.4. The van der Waals surface area contributed by atoms with E-state index in [4.69, 9.17) is 11.6 Å². The van der Waals surface area contributed by atoms with E-state index in [9.17, 15) is 19.2 Å². The third-order valence-corrected chi connectivity index (χ3v) is 6.80. The molecule has 2 fully saturated rings. The number of para-hydroxylation sites is 1. The molecule has 2 aromatic rings. The Morgan fingerprint density at radius 3 is 2.36 bits per heavy atom. The third kappa shape index (κ3) is 4.00. The summed E-state index contributed by atoms with van der Waals surface area (Å²) >= 11 is 6.33. The monoisotopic (exact) mass is 466 g/mol. The minimum atomic E-state index is -0.948. The van der Waals surface area contributed by atoms with Crippen molar-refractivity contribution in [3.8, 4) is 0 Å². The highest BCUT2D eigenvalue weighted by Crippen LogP contribution is 2.29. The topological polar surface area (TPSA) is 90.0 Å². The van der Waals surface area contributed by atoms with Crippen LogP contribution in [0.3, 0.4) is 0 Å². The second-order valence-corrected chi connectivity index (χ2v) is 8.95. The lowest BCUT2D eigenvalue weighted by atomic mass is 10.0. The van der Waals surface area contributed by atoms with Crippen LogP contribution in [-0.4, -0.2) is 65.6 Å². The highest BCUT2D eigenvalue weighted by Gasteiger charge is 2.44. The summed E-state index contributed by atoms with van der Waals surface area (Å²) in [6.07, 6.45) is 0.258. The molecule has 2 aromatic carbocycles. The van der Waals surface area contributed by atoms with Gasteiger partial charge in [0.15, 0.2) is 0 Å². The van der Waals surface area contributed by atoms with Gasteiger partial charge in [-0.1, -0.05) is 29.8 Å². The molecule has 3 aliphatic heterocycles. The molecular formula is C24H23ClN4O4. The Morgan fingerprint density at radius 2 is 1.64 bits per heavy atom. The first-order chi connectivity index (χ1) is 15.9. The van der Waals surface area contributed by atoms with Gasteiger partial charge in [-0.15, -0.1) is 0 Å². The molecule has 0 radical (unpaired) electrons. The molecular weight excluding hydrogens is 444 g/mol. The molecule has 3 heterocycles. The zero-order valence-electron chi connectivity index (χ0n) is 17.9. The van der Waals surface area contributed by atoms with Gasteiger partial charge in [-0.3, -0.25) is 34.3 Å². The fourth-order valence-electron chi connectivity index (χ4n) is 4.73. The largest absolute Gasteiger partial charge is 0.368 e. The standard InChI is InChI=1S/C24H23ClN4O4/c25-18-3-1-2-4-19(18)28-11-9-27(10-12-28)14-15-5-6-16-17(13-15)24(33)29(23(16)32)20-7-8-21(30)26-22(20)31/h1-6,13,20H,7-12,14H2,(H,26,30,31). The Kier molecular flexibility index (Phi) is 5.64. The highest BCUT2D eigenvalue weighted by molar-refractivity contribution is 6.33. The number of fused-ring (bicyclic) bond motifs is 1. The van der Waals surface area contributed by atoms with Gasteiger partial charge in [0.2, 0.25) is 11.8 Å². The molecule has 3 aliphatic rings. The Hall–Kier alpha value is -3.23. The molecule has 4 amide bonds.